The van der Waals surface area contributed by atoms with E-state index >= 15 is 0 Å². The molecule has 0 atom stereocenters. The molecule has 0 saturated heterocycles. The van der Waals surface area contributed by atoms with E-state index in [0.717, 1.165) is 11.1 Å². The predicted molar refractivity (Wildman–Crippen MR) is 97.0 cm³/mol. The molecular weight excluding hydrogens is 300 g/mol. The number of nitrogens with one attached hydrogen (secondary N) is 2. The Morgan fingerprint density at radius 3 is 1.42 bits per heavy atom. The summed E-state index contributed by atoms with van der Waals surface area (Å²) in [6, 6.07) is 19.2. The Morgan fingerprint density at radius 1 is 0.667 bits per heavy atom. The van der Waals surface area contributed by atoms with Crippen molar-refractivity contribution in [1.29, 1.82) is 0 Å². The molecule has 0 aliphatic carbocycles. The third kappa shape index (κ3) is 6.75. The summed E-state index contributed by atoms with van der Waals surface area (Å²) in [5.74, 6) is -0.374. The maximum absolute atomic E-state index is 11.6. The first-order valence-electron chi connectivity index (χ1n) is 7.76. The smallest absolute Gasteiger partial charge is 0.244 e. The van der Waals surface area contributed by atoms with Crippen LogP contribution in [0, 0.1) is 0 Å². The van der Waals surface area contributed by atoms with Gasteiger partial charge in [0.1, 0.15) is 0 Å². The van der Waals surface area contributed by atoms with Crippen LogP contribution in [0.4, 0.5) is 0 Å². The molecule has 2 aromatic carbocycles. The van der Waals surface area contributed by atoms with Gasteiger partial charge in [0.15, 0.2) is 0 Å². The van der Waals surface area contributed by atoms with Crippen molar-refractivity contribution in [2.45, 2.75) is 0 Å². The fourth-order valence-corrected chi connectivity index (χ4v) is 1.96. The topological polar surface area (TPSA) is 58.2 Å². The van der Waals surface area contributed by atoms with Gasteiger partial charge < -0.3 is 10.6 Å². The van der Waals surface area contributed by atoms with E-state index in [0.29, 0.717) is 13.1 Å². The van der Waals surface area contributed by atoms with Gasteiger partial charge in [-0.25, -0.2) is 0 Å². The Bertz CT molecular complexity index is 643. The zero-order chi connectivity index (χ0) is 17.0. The molecule has 2 N–H and O–H groups in total. The maximum Gasteiger partial charge on any atom is 0.244 e. The van der Waals surface area contributed by atoms with Gasteiger partial charge in [-0.15, -0.1) is 0 Å². The highest BCUT2D eigenvalue weighted by Crippen LogP contribution is 2.01. The second kappa shape index (κ2) is 9.79. The maximum atomic E-state index is 11.6. The molecular formula is C20H20N2O2. The Labute approximate surface area is 141 Å². The quantitative estimate of drug-likeness (QED) is 0.609. The summed E-state index contributed by atoms with van der Waals surface area (Å²) in [5, 5.41) is 5.44. The van der Waals surface area contributed by atoms with Gasteiger partial charge in [0.25, 0.3) is 0 Å². The molecule has 0 unspecified atom stereocenters. The van der Waals surface area contributed by atoms with Gasteiger partial charge >= 0.3 is 0 Å². The van der Waals surface area contributed by atoms with Gasteiger partial charge in [0.2, 0.25) is 11.8 Å². The molecule has 0 aliphatic heterocycles. The molecule has 2 amide bonds. The minimum Gasteiger partial charge on any atom is -0.351 e. The number of hydrogen-bond acceptors (Lipinski definition) is 2. The summed E-state index contributed by atoms with van der Waals surface area (Å²) < 4.78 is 0. The zero-order valence-electron chi connectivity index (χ0n) is 13.3. The normalized spacial score (nSPS) is 10.8. The van der Waals surface area contributed by atoms with Gasteiger partial charge in [0.05, 0.1) is 0 Å². The molecule has 0 fully saturated rings. The number of benzene rings is 2. The van der Waals surface area contributed by atoms with Crippen LogP contribution in [-0.4, -0.2) is 24.9 Å². The Hall–Kier alpha value is -3.14. The second-order valence-corrected chi connectivity index (χ2v) is 5.07. The van der Waals surface area contributed by atoms with Crippen molar-refractivity contribution in [2.24, 2.45) is 0 Å². The van der Waals surface area contributed by atoms with Crippen LogP contribution in [0.2, 0.25) is 0 Å². The van der Waals surface area contributed by atoms with E-state index in [4.69, 9.17) is 0 Å². The molecule has 4 nitrogen and oxygen atoms in total. The van der Waals surface area contributed by atoms with Crippen molar-refractivity contribution in [1.82, 2.24) is 10.6 Å². The van der Waals surface area contributed by atoms with Crippen molar-refractivity contribution in [3.05, 3.63) is 83.9 Å². The Morgan fingerprint density at radius 2 is 1.04 bits per heavy atom. The van der Waals surface area contributed by atoms with Crippen molar-refractivity contribution in [2.75, 3.05) is 13.1 Å². The number of carbonyl (C=O) groups excluding carboxylic acids is 2. The summed E-state index contributed by atoms with van der Waals surface area (Å²) >= 11 is 0. The highest BCUT2D eigenvalue weighted by atomic mass is 16.2. The second-order valence-electron chi connectivity index (χ2n) is 5.07. The van der Waals surface area contributed by atoms with Crippen LogP contribution in [0.25, 0.3) is 12.2 Å². The molecule has 2 aromatic rings. The van der Waals surface area contributed by atoms with E-state index in [2.05, 4.69) is 10.6 Å². The number of amides is 2. The Kier molecular flexibility index (Phi) is 7.02. The highest BCUT2D eigenvalue weighted by molar-refractivity contribution is 5.92. The summed E-state index contributed by atoms with van der Waals surface area (Å²) in [6.45, 7) is 0.756. The molecule has 0 radical (unpaired) electrons. The van der Waals surface area contributed by atoms with Gasteiger partial charge in [-0.1, -0.05) is 60.7 Å². The van der Waals surface area contributed by atoms with E-state index < -0.39 is 0 Å². The molecule has 0 bridgehead atoms. The van der Waals surface area contributed by atoms with Crippen molar-refractivity contribution in [3.8, 4) is 0 Å². The fourth-order valence-electron chi connectivity index (χ4n) is 1.96. The zero-order valence-corrected chi connectivity index (χ0v) is 13.3. The lowest BCUT2D eigenvalue weighted by atomic mass is 10.2. The summed E-state index contributed by atoms with van der Waals surface area (Å²) in [5.41, 5.74) is 1.93. The van der Waals surface area contributed by atoms with Gasteiger partial charge in [0, 0.05) is 25.2 Å². The van der Waals surface area contributed by atoms with E-state index in [1.807, 2.05) is 60.7 Å². The average Bonchev–Trinajstić information content (AvgIpc) is 2.63. The fraction of sp³-hybridized carbons (Fsp3) is 0.100. The van der Waals surface area contributed by atoms with Crippen LogP contribution in [0.3, 0.4) is 0 Å². The number of carbonyl (C=O) groups is 2. The van der Waals surface area contributed by atoms with Crippen LogP contribution < -0.4 is 10.6 Å². The SMILES string of the molecule is O=C(/C=C/c1ccccc1)NCCNC(=O)/C=C/c1ccccc1. The molecule has 0 spiro atoms. The summed E-state index contributed by atoms with van der Waals surface area (Å²) in [7, 11) is 0. The molecule has 4 heteroatoms. The van der Waals surface area contributed by atoms with Crippen molar-refractivity contribution >= 4 is 24.0 Å². The van der Waals surface area contributed by atoms with E-state index in [9.17, 15) is 9.59 Å². The average molecular weight is 320 g/mol. The van der Waals surface area contributed by atoms with Crippen LogP contribution in [-0.2, 0) is 9.59 Å². The third-order valence-electron chi connectivity index (χ3n) is 3.18. The lowest BCUT2D eigenvalue weighted by Gasteiger charge is -2.03. The van der Waals surface area contributed by atoms with Crippen molar-refractivity contribution < 1.29 is 9.59 Å². The highest BCUT2D eigenvalue weighted by Gasteiger charge is 1.97. The standard InChI is InChI=1S/C20H20N2O2/c23-19(13-11-17-7-3-1-4-8-17)21-15-16-22-20(24)14-12-18-9-5-2-6-10-18/h1-14H,15-16H2,(H,21,23)(H,22,24)/b13-11+,14-12+. The predicted octanol–water partition coefficient (Wildman–Crippen LogP) is 2.65. The van der Waals surface area contributed by atoms with Gasteiger partial charge in [-0.3, -0.25) is 9.59 Å². The van der Waals surface area contributed by atoms with E-state index in [1.165, 1.54) is 12.2 Å². The first kappa shape index (κ1) is 17.2. The van der Waals surface area contributed by atoms with Crippen LogP contribution in [0.15, 0.2) is 72.8 Å². The van der Waals surface area contributed by atoms with Crippen molar-refractivity contribution in [3.63, 3.8) is 0 Å². The Balaban J connectivity index is 1.63. The summed E-state index contributed by atoms with van der Waals surface area (Å²) in [6.07, 6.45) is 6.45. The number of hydrogen-bond donors (Lipinski definition) is 2. The first-order valence-corrected chi connectivity index (χ1v) is 7.76. The number of rotatable bonds is 7. The van der Waals surface area contributed by atoms with Crippen LogP contribution >= 0.6 is 0 Å². The molecule has 0 saturated carbocycles. The van der Waals surface area contributed by atoms with Crippen LogP contribution in [0.5, 0.6) is 0 Å². The largest absolute Gasteiger partial charge is 0.351 e. The molecule has 0 heterocycles. The molecule has 122 valence electrons. The minimum atomic E-state index is -0.187. The lowest BCUT2D eigenvalue weighted by Crippen LogP contribution is -2.33. The monoisotopic (exact) mass is 320 g/mol. The molecule has 0 aromatic heterocycles. The first-order chi connectivity index (χ1) is 11.7. The lowest BCUT2D eigenvalue weighted by molar-refractivity contribution is -0.118. The van der Waals surface area contributed by atoms with E-state index in [-0.39, 0.29) is 11.8 Å². The molecule has 2 rings (SSSR count). The molecule has 0 aliphatic rings. The van der Waals surface area contributed by atoms with Gasteiger partial charge in [-0.2, -0.15) is 0 Å². The van der Waals surface area contributed by atoms with Gasteiger partial charge in [-0.05, 0) is 23.3 Å². The van der Waals surface area contributed by atoms with Crippen LogP contribution in [0.1, 0.15) is 11.1 Å². The van der Waals surface area contributed by atoms with E-state index in [1.54, 1.807) is 12.2 Å². The third-order valence-corrected chi connectivity index (χ3v) is 3.18. The minimum absolute atomic E-state index is 0.187. The molecule has 24 heavy (non-hydrogen) atoms. The summed E-state index contributed by atoms with van der Waals surface area (Å²) in [4.78, 5) is 23.3.